The number of rotatable bonds is 6. The van der Waals surface area contributed by atoms with Crippen LogP contribution >= 0.6 is 0 Å². The summed E-state index contributed by atoms with van der Waals surface area (Å²) in [5.41, 5.74) is 3.86. The highest BCUT2D eigenvalue weighted by atomic mass is 16.5. The number of amides is 2. The normalized spacial score (nSPS) is 10.7. The van der Waals surface area contributed by atoms with Crippen molar-refractivity contribution in [3.05, 3.63) is 72.3 Å². The number of nitrogens with one attached hydrogen (secondary N) is 2. The van der Waals surface area contributed by atoms with Gasteiger partial charge in [0.05, 0.1) is 13.3 Å². The first-order chi connectivity index (χ1) is 13.2. The molecule has 0 bridgehead atoms. The Hall–Kier alpha value is -3.67. The van der Waals surface area contributed by atoms with Gasteiger partial charge in [0.15, 0.2) is 0 Å². The predicted molar refractivity (Wildman–Crippen MR) is 106 cm³/mol. The largest absolute Gasteiger partial charge is 0.497 e. The fourth-order valence-corrected chi connectivity index (χ4v) is 2.60. The number of benzene rings is 3. The summed E-state index contributed by atoms with van der Waals surface area (Å²) < 4.78 is 5.05. The number of nitrogens with zero attached hydrogens (tertiary/aromatic N) is 1. The van der Waals surface area contributed by atoms with Crippen LogP contribution in [0.15, 0.2) is 71.8 Å². The summed E-state index contributed by atoms with van der Waals surface area (Å²) in [4.78, 5) is 23.8. The first-order valence-corrected chi connectivity index (χ1v) is 8.39. The van der Waals surface area contributed by atoms with Crippen molar-refractivity contribution >= 4 is 34.5 Å². The highest BCUT2D eigenvalue weighted by Gasteiger charge is 2.09. The molecule has 6 nitrogen and oxygen atoms in total. The standard InChI is InChI=1S/C21H19N3O3/c1-27-18-11-9-17(10-12-18)23-20(25)13-21(26)24-22-14-16-7-4-6-15-5-2-3-8-19(15)16/h2-12,14H,13H2,1H3,(H,23,25)(H,24,26). The maximum absolute atomic E-state index is 11.9. The Kier molecular flexibility index (Phi) is 5.79. The molecule has 0 unspecified atom stereocenters. The summed E-state index contributed by atoms with van der Waals surface area (Å²) in [5.74, 6) is -0.218. The Morgan fingerprint density at radius 2 is 1.70 bits per heavy atom. The van der Waals surface area contributed by atoms with Crippen LogP contribution in [0.5, 0.6) is 5.75 Å². The van der Waals surface area contributed by atoms with E-state index in [1.54, 1.807) is 37.6 Å². The maximum Gasteiger partial charge on any atom is 0.249 e. The second kappa shape index (κ2) is 8.62. The van der Waals surface area contributed by atoms with Crippen molar-refractivity contribution in [2.24, 2.45) is 5.10 Å². The van der Waals surface area contributed by atoms with Crippen molar-refractivity contribution in [1.82, 2.24) is 5.43 Å². The van der Waals surface area contributed by atoms with Crippen LogP contribution in [0, 0.1) is 0 Å². The van der Waals surface area contributed by atoms with E-state index >= 15 is 0 Å². The topological polar surface area (TPSA) is 79.8 Å². The van der Waals surface area contributed by atoms with Gasteiger partial charge < -0.3 is 10.1 Å². The van der Waals surface area contributed by atoms with Gasteiger partial charge in [-0.05, 0) is 35.0 Å². The molecule has 0 fully saturated rings. The average Bonchev–Trinajstić information content (AvgIpc) is 2.68. The molecule has 0 aliphatic heterocycles. The smallest absolute Gasteiger partial charge is 0.249 e. The summed E-state index contributed by atoms with van der Waals surface area (Å²) >= 11 is 0. The third kappa shape index (κ3) is 4.92. The third-order valence-corrected chi connectivity index (χ3v) is 3.91. The number of ether oxygens (including phenoxy) is 1. The van der Waals surface area contributed by atoms with Crippen LogP contribution < -0.4 is 15.5 Å². The van der Waals surface area contributed by atoms with E-state index in [0.29, 0.717) is 11.4 Å². The fraction of sp³-hybridized carbons (Fsp3) is 0.0952. The van der Waals surface area contributed by atoms with Crippen LogP contribution in [0.4, 0.5) is 5.69 Å². The Balaban J connectivity index is 1.54. The molecule has 0 aromatic heterocycles. The second-order valence-corrected chi connectivity index (χ2v) is 5.82. The molecule has 0 saturated carbocycles. The number of methoxy groups -OCH3 is 1. The summed E-state index contributed by atoms with van der Waals surface area (Å²) in [5, 5.41) is 8.73. The number of carbonyl (C=O) groups excluding carboxylic acids is 2. The van der Waals surface area contributed by atoms with E-state index in [1.807, 2.05) is 42.5 Å². The van der Waals surface area contributed by atoms with Crippen LogP contribution in [-0.2, 0) is 9.59 Å². The average molecular weight is 361 g/mol. The molecule has 2 amide bonds. The van der Waals surface area contributed by atoms with Crippen molar-refractivity contribution < 1.29 is 14.3 Å². The molecule has 0 aliphatic rings. The first-order valence-electron chi connectivity index (χ1n) is 8.39. The van der Waals surface area contributed by atoms with E-state index in [2.05, 4.69) is 15.8 Å². The summed E-state index contributed by atoms with van der Waals surface area (Å²) in [6.07, 6.45) is 1.25. The number of hydrogen-bond acceptors (Lipinski definition) is 4. The monoisotopic (exact) mass is 361 g/mol. The Labute approximate surface area is 156 Å². The van der Waals surface area contributed by atoms with Gasteiger partial charge in [0.1, 0.15) is 12.2 Å². The molecule has 0 spiro atoms. The van der Waals surface area contributed by atoms with Gasteiger partial charge in [0, 0.05) is 11.3 Å². The van der Waals surface area contributed by atoms with E-state index in [-0.39, 0.29) is 6.42 Å². The van der Waals surface area contributed by atoms with Crippen LogP contribution in [0.3, 0.4) is 0 Å². The zero-order chi connectivity index (χ0) is 19.1. The summed E-state index contributed by atoms with van der Waals surface area (Å²) in [7, 11) is 1.57. The van der Waals surface area contributed by atoms with Crippen LogP contribution in [0.1, 0.15) is 12.0 Å². The predicted octanol–water partition coefficient (Wildman–Crippen LogP) is 3.33. The van der Waals surface area contributed by atoms with E-state index < -0.39 is 11.8 Å². The van der Waals surface area contributed by atoms with E-state index in [4.69, 9.17) is 4.74 Å². The van der Waals surface area contributed by atoms with Crippen LogP contribution in [-0.4, -0.2) is 25.1 Å². The van der Waals surface area contributed by atoms with Gasteiger partial charge in [0.25, 0.3) is 0 Å². The van der Waals surface area contributed by atoms with Crippen molar-refractivity contribution in [3.63, 3.8) is 0 Å². The fourth-order valence-electron chi connectivity index (χ4n) is 2.60. The summed E-state index contributed by atoms with van der Waals surface area (Å²) in [6.45, 7) is 0. The lowest BCUT2D eigenvalue weighted by molar-refractivity contribution is -0.126. The molecular formula is C21H19N3O3. The molecule has 0 radical (unpaired) electrons. The molecule has 0 atom stereocenters. The molecule has 0 saturated heterocycles. The minimum Gasteiger partial charge on any atom is -0.497 e. The molecular weight excluding hydrogens is 342 g/mol. The van der Waals surface area contributed by atoms with Crippen molar-refractivity contribution in [1.29, 1.82) is 0 Å². The molecule has 6 heteroatoms. The minimum absolute atomic E-state index is 0.321. The lowest BCUT2D eigenvalue weighted by Gasteiger charge is -2.06. The molecule has 2 N–H and O–H groups in total. The molecule has 0 aliphatic carbocycles. The number of anilines is 1. The second-order valence-electron chi connectivity index (χ2n) is 5.82. The molecule has 27 heavy (non-hydrogen) atoms. The Morgan fingerprint density at radius 3 is 2.48 bits per heavy atom. The van der Waals surface area contributed by atoms with Gasteiger partial charge in [-0.25, -0.2) is 5.43 Å². The van der Waals surface area contributed by atoms with E-state index in [1.165, 1.54) is 0 Å². The number of fused-ring (bicyclic) bond motifs is 1. The molecule has 3 aromatic rings. The number of hydrogen-bond donors (Lipinski definition) is 2. The zero-order valence-corrected chi connectivity index (χ0v) is 14.8. The Morgan fingerprint density at radius 1 is 0.963 bits per heavy atom. The minimum atomic E-state index is -0.488. The zero-order valence-electron chi connectivity index (χ0n) is 14.8. The molecule has 3 rings (SSSR count). The lowest BCUT2D eigenvalue weighted by atomic mass is 10.1. The van der Waals surface area contributed by atoms with Crippen molar-refractivity contribution in [2.75, 3.05) is 12.4 Å². The number of hydrazone groups is 1. The Bertz CT molecular complexity index is 976. The van der Waals surface area contributed by atoms with Gasteiger partial charge in [-0.2, -0.15) is 5.10 Å². The number of carbonyl (C=O) groups is 2. The van der Waals surface area contributed by atoms with Crippen molar-refractivity contribution in [2.45, 2.75) is 6.42 Å². The van der Waals surface area contributed by atoms with Gasteiger partial charge >= 0.3 is 0 Å². The van der Waals surface area contributed by atoms with E-state index in [9.17, 15) is 9.59 Å². The molecule has 136 valence electrons. The lowest BCUT2D eigenvalue weighted by Crippen LogP contribution is -2.24. The quantitative estimate of drug-likeness (QED) is 0.401. The summed E-state index contributed by atoms with van der Waals surface area (Å²) in [6, 6.07) is 20.6. The van der Waals surface area contributed by atoms with E-state index in [0.717, 1.165) is 16.3 Å². The van der Waals surface area contributed by atoms with Gasteiger partial charge in [-0.3, -0.25) is 9.59 Å². The van der Waals surface area contributed by atoms with Gasteiger partial charge in [0.2, 0.25) is 11.8 Å². The van der Waals surface area contributed by atoms with Gasteiger partial charge in [-0.15, -0.1) is 0 Å². The maximum atomic E-state index is 11.9. The third-order valence-electron chi connectivity index (χ3n) is 3.91. The highest BCUT2D eigenvalue weighted by Crippen LogP contribution is 2.17. The molecule has 3 aromatic carbocycles. The first kappa shape index (κ1) is 18.1. The van der Waals surface area contributed by atoms with Gasteiger partial charge in [-0.1, -0.05) is 42.5 Å². The van der Waals surface area contributed by atoms with Crippen LogP contribution in [0.25, 0.3) is 10.8 Å². The SMILES string of the molecule is COc1ccc(NC(=O)CC(=O)NN=Cc2cccc3ccccc23)cc1. The van der Waals surface area contributed by atoms with Crippen LogP contribution in [0.2, 0.25) is 0 Å². The van der Waals surface area contributed by atoms with Crippen molar-refractivity contribution in [3.8, 4) is 5.75 Å². The molecule has 0 heterocycles. The highest BCUT2D eigenvalue weighted by molar-refractivity contribution is 6.04.